The first-order valence-corrected chi connectivity index (χ1v) is 12.7. The smallest absolute Gasteiger partial charge is 0.309 e. The number of carboxylic acids is 2. The van der Waals surface area contributed by atoms with E-state index in [0.717, 1.165) is 0 Å². The van der Waals surface area contributed by atoms with Crippen molar-refractivity contribution in [1.82, 2.24) is 0 Å². The van der Waals surface area contributed by atoms with Crippen molar-refractivity contribution >= 4 is 47.8 Å². The van der Waals surface area contributed by atoms with Crippen LogP contribution in [0.3, 0.4) is 0 Å². The highest BCUT2D eigenvalue weighted by atomic mass is 16.7. The molecule has 0 saturated heterocycles. The summed E-state index contributed by atoms with van der Waals surface area (Å²) in [5.41, 5.74) is -1.24. The van der Waals surface area contributed by atoms with Crippen molar-refractivity contribution in [3.05, 3.63) is 0 Å². The molecule has 0 fully saturated rings. The normalized spacial score (nSPS) is 10.6. The number of carbonyl (C=O) groups excluding carboxylic acids is 6. The minimum Gasteiger partial charge on any atom is -0.481 e. The van der Waals surface area contributed by atoms with Crippen LogP contribution in [0.2, 0.25) is 0 Å². The zero-order valence-electron chi connectivity index (χ0n) is 24.7. The molecule has 0 aliphatic rings. The highest BCUT2D eigenvalue weighted by molar-refractivity contribution is 5.79. The molecule has 0 aliphatic heterocycles. The summed E-state index contributed by atoms with van der Waals surface area (Å²) in [5.74, 6) is -6.30. The van der Waals surface area contributed by atoms with Gasteiger partial charge in [-0.3, -0.25) is 38.4 Å². The Bertz CT molecular complexity index is 865. The molecular weight excluding hydrogens is 568 g/mol. The van der Waals surface area contributed by atoms with Gasteiger partial charge in [-0.2, -0.15) is 0 Å². The number of carboxylic acid groups (broad SMARTS) is 2. The maximum atomic E-state index is 11.4. The minimum absolute atomic E-state index is 0.122. The summed E-state index contributed by atoms with van der Waals surface area (Å²) in [6.07, 6.45) is -1.97. The van der Waals surface area contributed by atoms with Crippen LogP contribution in [0.5, 0.6) is 0 Å². The third-order valence-corrected chi connectivity index (χ3v) is 3.87. The van der Waals surface area contributed by atoms with Crippen LogP contribution in [0.15, 0.2) is 0 Å². The van der Waals surface area contributed by atoms with E-state index in [1.54, 1.807) is 41.5 Å². The predicted molar refractivity (Wildman–Crippen MR) is 138 cm³/mol. The quantitative estimate of drug-likeness (QED) is 0.145. The number of ether oxygens (including phenoxy) is 6. The van der Waals surface area contributed by atoms with Gasteiger partial charge in [-0.05, 0) is 41.5 Å². The second-order valence-corrected chi connectivity index (χ2v) is 10.3. The van der Waals surface area contributed by atoms with E-state index in [2.05, 4.69) is 18.9 Å². The van der Waals surface area contributed by atoms with Crippen molar-refractivity contribution in [2.45, 2.75) is 104 Å². The summed E-state index contributed by atoms with van der Waals surface area (Å²) < 4.78 is 28.2. The van der Waals surface area contributed by atoms with E-state index in [1.165, 1.54) is 0 Å². The molecule has 0 spiro atoms. The van der Waals surface area contributed by atoms with Crippen LogP contribution in [-0.4, -0.2) is 82.8 Å². The molecule has 0 amide bonds. The number of esters is 6. The summed E-state index contributed by atoms with van der Waals surface area (Å²) >= 11 is 0. The number of carbonyl (C=O) groups is 8. The van der Waals surface area contributed by atoms with Gasteiger partial charge in [0.05, 0.1) is 51.4 Å². The van der Waals surface area contributed by atoms with E-state index in [4.69, 9.17) is 19.7 Å². The van der Waals surface area contributed by atoms with Gasteiger partial charge in [0.1, 0.15) is 11.2 Å². The second-order valence-electron chi connectivity index (χ2n) is 10.3. The van der Waals surface area contributed by atoms with Gasteiger partial charge in [0.25, 0.3) is 0 Å². The minimum atomic E-state index is -1.14. The van der Waals surface area contributed by atoms with Gasteiger partial charge < -0.3 is 38.6 Å². The van der Waals surface area contributed by atoms with Crippen LogP contribution in [0.4, 0.5) is 0 Å². The monoisotopic (exact) mass is 608 g/mol. The fraction of sp³-hybridized carbons (Fsp3) is 0.692. The molecule has 42 heavy (non-hydrogen) atoms. The molecular formula is C26H40O16. The summed E-state index contributed by atoms with van der Waals surface area (Å²) in [4.78, 5) is 87.5. The maximum absolute atomic E-state index is 11.4. The van der Waals surface area contributed by atoms with Crippen LogP contribution in [0.1, 0.15) is 92.9 Å². The molecule has 2 N–H and O–H groups in total. The number of rotatable bonds is 16. The molecule has 0 radical (unpaired) electrons. The van der Waals surface area contributed by atoms with E-state index in [0.29, 0.717) is 0 Å². The Kier molecular flexibility index (Phi) is 19.6. The summed E-state index contributed by atoms with van der Waals surface area (Å²) in [5, 5.41) is 16.5. The van der Waals surface area contributed by atoms with Gasteiger partial charge in [-0.15, -0.1) is 0 Å². The van der Waals surface area contributed by atoms with Crippen molar-refractivity contribution in [3.8, 4) is 0 Å². The molecule has 0 aromatic rings. The molecule has 0 atom stereocenters. The summed E-state index contributed by atoms with van der Waals surface area (Å²) in [6.45, 7) is 9.12. The first-order chi connectivity index (χ1) is 19.2. The maximum Gasteiger partial charge on any atom is 0.309 e. The Morgan fingerprint density at radius 2 is 0.619 bits per heavy atom. The predicted octanol–water partition coefficient (Wildman–Crippen LogP) is 2.03. The van der Waals surface area contributed by atoms with Gasteiger partial charge in [-0.25, -0.2) is 0 Å². The standard InChI is InChI=1S/C17H28O8.C9H12O8/c1-16(2,3)24-14(20)9-7-12(18)22-11-23-13(19)8-10-15(21)25-17(4,5)6;10-6(11)1-3-8(14)16-5-17-9(15)4-2-7(12)13/h7-11H2,1-6H3;1-5H2,(H,10,11)(H,12,13). The molecule has 16 nitrogen and oxygen atoms in total. The molecule has 0 aromatic heterocycles. The molecule has 0 heterocycles. The molecule has 0 aromatic carbocycles. The molecule has 16 heteroatoms. The molecule has 0 rings (SSSR count). The zero-order valence-corrected chi connectivity index (χ0v) is 24.7. The fourth-order valence-corrected chi connectivity index (χ4v) is 2.22. The van der Waals surface area contributed by atoms with Crippen molar-refractivity contribution < 1.29 is 77.0 Å². The van der Waals surface area contributed by atoms with Crippen LogP contribution in [-0.2, 0) is 66.8 Å². The lowest BCUT2D eigenvalue weighted by atomic mass is 10.2. The fourth-order valence-electron chi connectivity index (χ4n) is 2.22. The Morgan fingerprint density at radius 3 is 0.833 bits per heavy atom. The van der Waals surface area contributed by atoms with Gasteiger partial charge in [0.15, 0.2) is 0 Å². The third-order valence-electron chi connectivity index (χ3n) is 3.87. The second kappa shape index (κ2) is 20.6. The number of aliphatic carboxylic acids is 2. The first-order valence-electron chi connectivity index (χ1n) is 12.7. The lowest BCUT2D eigenvalue weighted by Gasteiger charge is -2.19. The Balaban J connectivity index is 0. The largest absolute Gasteiger partial charge is 0.481 e. The van der Waals surface area contributed by atoms with Crippen molar-refractivity contribution in [2.24, 2.45) is 0 Å². The lowest BCUT2D eigenvalue weighted by Crippen LogP contribution is -2.24. The lowest BCUT2D eigenvalue weighted by molar-refractivity contribution is -0.171. The van der Waals surface area contributed by atoms with Gasteiger partial charge in [0, 0.05) is 0 Å². The number of hydrogen-bond donors (Lipinski definition) is 2. The van der Waals surface area contributed by atoms with Crippen molar-refractivity contribution in [2.75, 3.05) is 13.6 Å². The first kappa shape index (κ1) is 39.9. The Morgan fingerprint density at radius 1 is 0.405 bits per heavy atom. The molecule has 240 valence electrons. The van der Waals surface area contributed by atoms with E-state index >= 15 is 0 Å². The molecule has 0 bridgehead atoms. The van der Waals surface area contributed by atoms with Crippen molar-refractivity contribution in [3.63, 3.8) is 0 Å². The highest BCUT2D eigenvalue weighted by Crippen LogP contribution is 2.10. The zero-order chi connectivity index (χ0) is 32.9. The van der Waals surface area contributed by atoms with E-state index in [-0.39, 0.29) is 51.4 Å². The Labute approximate surface area is 242 Å². The molecule has 0 aliphatic carbocycles. The molecule has 0 unspecified atom stereocenters. The summed E-state index contributed by atoms with van der Waals surface area (Å²) in [7, 11) is 0. The highest BCUT2D eigenvalue weighted by Gasteiger charge is 2.19. The number of hydrogen-bond acceptors (Lipinski definition) is 14. The van der Waals surface area contributed by atoms with Crippen LogP contribution < -0.4 is 0 Å². The van der Waals surface area contributed by atoms with Crippen LogP contribution >= 0.6 is 0 Å². The van der Waals surface area contributed by atoms with Gasteiger partial charge >= 0.3 is 47.8 Å². The van der Waals surface area contributed by atoms with Gasteiger partial charge in [0.2, 0.25) is 13.6 Å². The third kappa shape index (κ3) is 30.3. The summed E-state index contributed by atoms with van der Waals surface area (Å²) in [6, 6.07) is 0. The SMILES string of the molecule is CC(C)(C)OC(=O)CCC(=O)OCOC(=O)CCC(=O)OC(C)(C)C.O=C(O)CCC(=O)OCOC(=O)CCC(=O)O. The van der Waals surface area contributed by atoms with Crippen molar-refractivity contribution in [1.29, 1.82) is 0 Å². The van der Waals surface area contributed by atoms with E-state index < -0.39 is 72.5 Å². The van der Waals surface area contributed by atoms with Crippen LogP contribution in [0, 0.1) is 0 Å². The van der Waals surface area contributed by atoms with Gasteiger partial charge in [-0.1, -0.05) is 0 Å². The molecule has 0 saturated carbocycles. The Hall–Kier alpha value is -4.24. The topological polar surface area (TPSA) is 232 Å². The van der Waals surface area contributed by atoms with E-state index in [1.807, 2.05) is 0 Å². The average Bonchev–Trinajstić information content (AvgIpc) is 2.82. The van der Waals surface area contributed by atoms with E-state index in [9.17, 15) is 38.4 Å². The van der Waals surface area contributed by atoms with Crippen LogP contribution in [0.25, 0.3) is 0 Å². The average molecular weight is 609 g/mol.